The van der Waals surface area contributed by atoms with Gasteiger partial charge in [0, 0.05) is 18.4 Å². The molecule has 0 aliphatic rings. The van der Waals surface area contributed by atoms with E-state index in [4.69, 9.17) is 14.1 Å². The maximum absolute atomic E-state index is 13.5. The number of carbonyl (C=O) groups excluding carboxylic acids is 1. The van der Waals surface area contributed by atoms with Crippen LogP contribution in [0.4, 0.5) is 5.13 Å². The van der Waals surface area contributed by atoms with E-state index in [0.717, 1.165) is 34.1 Å². The van der Waals surface area contributed by atoms with Gasteiger partial charge in [-0.05, 0) is 30.7 Å². The summed E-state index contributed by atoms with van der Waals surface area (Å²) in [6, 6.07) is 13.4. The number of hydrogen-bond acceptors (Lipinski definition) is 5. The summed E-state index contributed by atoms with van der Waals surface area (Å²) in [6.07, 6.45) is 0.861. The number of thiazole rings is 1. The minimum Gasteiger partial charge on any atom is -0.494 e. The highest BCUT2D eigenvalue weighted by molar-refractivity contribution is 7.22. The number of benzene rings is 2. The van der Waals surface area contributed by atoms with Gasteiger partial charge in [-0.15, -0.1) is 0 Å². The third-order valence-corrected chi connectivity index (χ3v) is 6.30. The maximum Gasteiger partial charge on any atom is 0.295 e. The van der Waals surface area contributed by atoms with Gasteiger partial charge in [-0.1, -0.05) is 35.6 Å². The molecule has 156 valence electrons. The molecule has 0 saturated carbocycles. The molecule has 0 unspecified atom stereocenters. The molecule has 0 atom stereocenters. The second kappa shape index (κ2) is 8.45. The van der Waals surface area contributed by atoms with Crippen molar-refractivity contribution in [1.29, 1.82) is 0 Å². The molecular weight excluding hydrogens is 398 g/mol. The molecule has 0 spiro atoms. The summed E-state index contributed by atoms with van der Waals surface area (Å²) in [6.45, 7) is 3.57. The lowest BCUT2D eigenvalue weighted by molar-refractivity contribution is -0.858. The zero-order valence-electron chi connectivity index (χ0n) is 17.7. The molecule has 1 N–H and O–H groups in total. The number of fused-ring (bicyclic) bond motifs is 2. The van der Waals surface area contributed by atoms with Crippen LogP contribution in [0.5, 0.6) is 5.75 Å². The minimum absolute atomic E-state index is 0.171. The van der Waals surface area contributed by atoms with Crippen LogP contribution < -0.4 is 14.5 Å². The molecule has 0 aliphatic carbocycles. The van der Waals surface area contributed by atoms with E-state index in [9.17, 15) is 4.79 Å². The summed E-state index contributed by atoms with van der Waals surface area (Å²) < 4.78 is 12.4. The smallest absolute Gasteiger partial charge is 0.295 e. The van der Waals surface area contributed by atoms with Crippen LogP contribution in [0.15, 0.2) is 46.9 Å². The van der Waals surface area contributed by atoms with E-state index in [2.05, 4.69) is 14.1 Å². The van der Waals surface area contributed by atoms with Crippen LogP contribution in [0.25, 0.3) is 21.2 Å². The Morgan fingerprint density at radius 3 is 2.77 bits per heavy atom. The second-order valence-corrected chi connectivity index (χ2v) is 8.65. The lowest BCUT2D eigenvalue weighted by Crippen LogP contribution is -3.05. The maximum atomic E-state index is 13.5. The van der Waals surface area contributed by atoms with Crippen molar-refractivity contribution in [2.24, 2.45) is 0 Å². The Morgan fingerprint density at radius 2 is 2.03 bits per heavy atom. The Labute approximate surface area is 179 Å². The number of furan rings is 1. The van der Waals surface area contributed by atoms with E-state index >= 15 is 0 Å². The van der Waals surface area contributed by atoms with Crippen molar-refractivity contribution in [3.8, 4) is 5.75 Å². The van der Waals surface area contributed by atoms with Crippen LogP contribution in [0, 0.1) is 6.92 Å². The summed E-state index contributed by atoms with van der Waals surface area (Å²) in [7, 11) is 5.86. The fourth-order valence-corrected chi connectivity index (χ4v) is 4.55. The number of aryl methyl sites for hydroxylation is 1. The highest BCUT2D eigenvalue weighted by Gasteiger charge is 2.25. The summed E-state index contributed by atoms with van der Waals surface area (Å²) in [5.41, 5.74) is 2.61. The number of amides is 1. The van der Waals surface area contributed by atoms with Gasteiger partial charge in [-0.25, -0.2) is 4.98 Å². The first-order valence-electron chi connectivity index (χ1n) is 10.0. The van der Waals surface area contributed by atoms with Crippen molar-refractivity contribution in [3.05, 3.63) is 53.8 Å². The van der Waals surface area contributed by atoms with Crippen LogP contribution in [-0.4, -0.2) is 45.2 Å². The van der Waals surface area contributed by atoms with E-state index < -0.39 is 0 Å². The first-order chi connectivity index (χ1) is 14.5. The van der Waals surface area contributed by atoms with Crippen molar-refractivity contribution in [3.63, 3.8) is 0 Å². The number of aromatic nitrogens is 1. The molecule has 0 radical (unpaired) electrons. The van der Waals surface area contributed by atoms with Gasteiger partial charge in [0.15, 0.2) is 10.9 Å². The topological polar surface area (TPSA) is 60.0 Å². The second-order valence-electron chi connectivity index (χ2n) is 7.67. The largest absolute Gasteiger partial charge is 0.494 e. The van der Waals surface area contributed by atoms with E-state index in [0.29, 0.717) is 28.8 Å². The average Bonchev–Trinajstić information content (AvgIpc) is 3.36. The molecule has 0 bridgehead atoms. The first kappa shape index (κ1) is 20.4. The quantitative estimate of drug-likeness (QED) is 0.493. The molecule has 4 rings (SSSR count). The number of para-hydroxylation sites is 1. The lowest BCUT2D eigenvalue weighted by Gasteiger charge is -2.19. The lowest BCUT2D eigenvalue weighted by atomic mass is 10.2. The predicted molar refractivity (Wildman–Crippen MR) is 121 cm³/mol. The molecule has 6 nitrogen and oxygen atoms in total. The Morgan fingerprint density at radius 1 is 1.23 bits per heavy atom. The van der Waals surface area contributed by atoms with Crippen LogP contribution >= 0.6 is 11.3 Å². The van der Waals surface area contributed by atoms with Gasteiger partial charge in [0.05, 0.1) is 32.4 Å². The van der Waals surface area contributed by atoms with Crippen LogP contribution in [0.3, 0.4) is 0 Å². The monoisotopic (exact) mass is 424 g/mol. The van der Waals surface area contributed by atoms with Crippen LogP contribution in [0.1, 0.15) is 22.5 Å². The molecule has 4 aromatic rings. The van der Waals surface area contributed by atoms with Gasteiger partial charge < -0.3 is 14.1 Å². The van der Waals surface area contributed by atoms with Gasteiger partial charge in [0.1, 0.15) is 16.8 Å². The number of carbonyl (C=O) groups is 1. The summed E-state index contributed by atoms with van der Waals surface area (Å²) in [5, 5.41) is 1.58. The van der Waals surface area contributed by atoms with Gasteiger partial charge in [-0.2, -0.15) is 0 Å². The van der Waals surface area contributed by atoms with Crippen LogP contribution in [-0.2, 0) is 0 Å². The molecule has 30 heavy (non-hydrogen) atoms. The zero-order valence-corrected chi connectivity index (χ0v) is 18.5. The number of hydrogen-bond donors (Lipinski definition) is 1. The van der Waals surface area contributed by atoms with Gasteiger partial charge in [0.2, 0.25) is 0 Å². The molecule has 0 fully saturated rings. The molecule has 0 saturated heterocycles. The molecule has 0 aliphatic heterocycles. The third kappa shape index (κ3) is 3.91. The molecular formula is C23H26N3O3S+. The molecule has 2 aromatic carbocycles. The molecule has 2 aromatic heterocycles. The Bertz CT molecular complexity index is 1160. The van der Waals surface area contributed by atoms with Crippen molar-refractivity contribution >= 4 is 43.6 Å². The number of quaternary nitrogens is 1. The van der Waals surface area contributed by atoms with E-state index in [-0.39, 0.29) is 5.91 Å². The van der Waals surface area contributed by atoms with Crippen molar-refractivity contribution in [1.82, 2.24) is 4.98 Å². The van der Waals surface area contributed by atoms with E-state index in [1.54, 1.807) is 18.1 Å². The Hall–Kier alpha value is -2.90. The first-order valence-corrected chi connectivity index (χ1v) is 10.8. The highest BCUT2D eigenvalue weighted by atomic mass is 32.1. The molecule has 1 amide bonds. The number of anilines is 1. The Balaban J connectivity index is 1.74. The number of rotatable bonds is 7. The predicted octanol–water partition coefficient (Wildman–Crippen LogP) is 3.54. The van der Waals surface area contributed by atoms with Gasteiger partial charge in [0.25, 0.3) is 5.91 Å². The van der Waals surface area contributed by atoms with Crippen molar-refractivity contribution < 1.29 is 18.8 Å². The fourth-order valence-electron chi connectivity index (χ4n) is 3.47. The van der Waals surface area contributed by atoms with Gasteiger partial charge in [-0.3, -0.25) is 9.69 Å². The summed E-state index contributed by atoms with van der Waals surface area (Å²) in [5.74, 6) is 0.874. The van der Waals surface area contributed by atoms with Crippen LogP contribution in [0.2, 0.25) is 0 Å². The SMILES string of the molecule is COc1ccc(C)c2sc(N(CCC[NH+](C)C)C(=O)c3cc4ccccc4o3)nc12. The summed E-state index contributed by atoms with van der Waals surface area (Å²) >= 11 is 1.52. The number of nitrogens with zero attached hydrogens (tertiary/aromatic N) is 2. The fraction of sp³-hybridized carbons (Fsp3) is 0.304. The highest BCUT2D eigenvalue weighted by Crippen LogP contribution is 2.37. The molecule has 7 heteroatoms. The number of nitrogens with one attached hydrogen (secondary N) is 1. The normalized spacial score (nSPS) is 11.5. The average molecular weight is 425 g/mol. The Kier molecular flexibility index (Phi) is 5.74. The van der Waals surface area contributed by atoms with Crippen molar-refractivity contribution in [2.75, 3.05) is 39.2 Å². The van der Waals surface area contributed by atoms with Crippen molar-refractivity contribution in [2.45, 2.75) is 13.3 Å². The minimum atomic E-state index is -0.171. The van der Waals surface area contributed by atoms with Gasteiger partial charge >= 0.3 is 0 Å². The van der Waals surface area contributed by atoms with E-state index in [1.165, 1.54) is 16.2 Å². The standard InChI is InChI=1S/C23H25N3O3S/c1-15-10-11-18(28-4)20-21(15)30-23(24-20)26(13-7-12-25(2)3)22(27)19-14-16-8-5-6-9-17(16)29-19/h5-6,8-11,14H,7,12-13H2,1-4H3/p+1. The number of ether oxygens (including phenoxy) is 1. The summed E-state index contributed by atoms with van der Waals surface area (Å²) in [4.78, 5) is 21.3. The molecule has 2 heterocycles. The zero-order chi connectivity index (χ0) is 21.3. The number of methoxy groups -OCH3 is 1. The van der Waals surface area contributed by atoms with E-state index in [1.807, 2.05) is 43.3 Å². The third-order valence-electron chi connectivity index (χ3n) is 5.08.